The molecule has 32 heavy (non-hydrogen) atoms. The molecule has 0 saturated carbocycles. The van der Waals surface area contributed by atoms with Crippen LogP contribution in [0.4, 0.5) is 4.39 Å². The van der Waals surface area contributed by atoms with Crippen molar-refractivity contribution < 1.29 is 32.4 Å². The van der Waals surface area contributed by atoms with Crippen LogP contribution in [0.25, 0.3) is 5.57 Å². The van der Waals surface area contributed by atoms with Crippen LogP contribution in [0.1, 0.15) is 38.7 Å². The number of carbonyl (C=O) groups excluding carboxylic acids is 1. The van der Waals surface area contributed by atoms with Crippen molar-refractivity contribution in [2.24, 2.45) is 5.16 Å². The van der Waals surface area contributed by atoms with E-state index < -0.39 is 32.3 Å². The van der Waals surface area contributed by atoms with Gasteiger partial charge in [-0.3, -0.25) is 10.0 Å². The molecule has 1 aromatic carbocycles. The summed E-state index contributed by atoms with van der Waals surface area (Å²) in [5, 5.41) is 13.0. The molecule has 1 unspecified atom stereocenters. The second-order valence-corrected chi connectivity index (χ2v) is 10.9. The predicted octanol–water partition coefficient (Wildman–Crippen LogP) is 2.98. The average molecular weight is 467 g/mol. The predicted molar refractivity (Wildman–Crippen MR) is 118 cm³/mol. The Labute approximate surface area is 186 Å². The summed E-state index contributed by atoms with van der Waals surface area (Å²) in [6, 6.07) is 7.14. The van der Waals surface area contributed by atoms with Gasteiger partial charge in [-0.2, -0.15) is 0 Å². The molecule has 0 spiro atoms. The molecule has 3 rings (SSSR count). The minimum atomic E-state index is -3.86. The molecule has 8 nitrogen and oxygen atoms in total. The largest absolute Gasteiger partial charge is 0.497 e. The first-order chi connectivity index (χ1) is 14.9. The number of nitrogens with zero attached hydrogens (tertiary/aromatic N) is 1. The van der Waals surface area contributed by atoms with Crippen LogP contribution < -0.4 is 10.2 Å². The molecule has 1 aromatic rings. The maximum Gasteiger partial charge on any atom is 0.264 e. The molecule has 2 N–H and O–H groups in total. The second-order valence-electron chi connectivity index (χ2n) is 8.49. The molecule has 0 aromatic heterocycles. The number of sulfone groups is 1. The number of rotatable bonds is 7. The first-order valence-corrected chi connectivity index (χ1v) is 11.9. The summed E-state index contributed by atoms with van der Waals surface area (Å²) in [5.41, 5.74) is 2.18. The lowest BCUT2D eigenvalue weighted by Gasteiger charge is -2.29. The number of amides is 1. The van der Waals surface area contributed by atoms with Crippen molar-refractivity contribution in [2.75, 3.05) is 13.4 Å². The fraction of sp³-hybridized carbons (Fsp3) is 0.455. The smallest absolute Gasteiger partial charge is 0.264 e. The second kappa shape index (κ2) is 8.67. The van der Waals surface area contributed by atoms with E-state index in [-0.39, 0.29) is 19.3 Å². The van der Waals surface area contributed by atoms with Gasteiger partial charge in [-0.05, 0) is 42.7 Å². The molecule has 1 aliphatic heterocycles. The van der Waals surface area contributed by atoms with Crippen LogP contribution in [0.15, 0.2) is 47.1 Å². The summed E-state index contributed by atoms with van der Waals surface area (Å²) in [6.07, 6.45) is 3.78. The van der Waals surface area contributed by atoms with E-state index in [9.17, 15) is 13.2 Å². The average Bonchev–Trinajstić information content (AvgIpc) is 3.20. The summed E-state index contributed by atoms with van der Waals surface area (Å²) in [4.78, 5) is 17.4. The van der Waals surface area contributed by atoms with Gasteiger partial charge in [0.1, 0.15) is 17.5 Å². The molecule has 3 atom stereocenters. The van der Waals surface area contributed by atoms with Crippen LogP contribution in [0.2, 0.25) is 0 Å². The van der Waals surface area contributed by atoms with Gasteiger partial charge in [-0.15, -0.1) is 0 Å². The van der Waals surface area contributed by atoms with Gasteiger partial charge >= 0.3 is 0 Å². The number of methoxy groups -OCH3 is 1. The van der Waals surface area contributed by atoms with Gasteiger partial charge in [0.2, 0.25) is 0 Å². The highest BCUT2D eigenvalue weighted by atomic mass is 32.2. The van der Waals surface area contributed by atoms with E-state index in [1.165, 1.54) is 19.3 Å². The molecule has 10 heteroatoms. The number of nitrogens with one attached hydrogen (secondary N) is 1. The number of ether oxygens (including phenoxy) is 1. The van der Waals surface area contributed by atoms with Crippen molar-refractivity contribution in [3.05, 3.63) is 47.6 Å². The molecule has 174 valence electrons. The maximum atomic E-state index is 15.6. The third-order valence-electron chi connectivity index (χ3n) is 6.06. The van der Waals surface area contributed by atoms with E-state index in [1.807, 2.05) is 0 Å². The highest BCUT2D eigenvalue weighted by Gasteiger charge is 2.47. The summed E-state index contributed by atoms with van der Waals surface area (Å²) in [6.45, 7) is 2.72. The molecule has 2 aliphatic rings. The molecule has 0 fully saturated rings. The molecule has 1 heterocycles. The van der Waals surface area contributed by atoms with E-state index >= 15 is 4.39 Å². The molecule has 1 aliphatic carbocycles. The zero-order valence-electron chi connectivity index (χ0n) is 18.4. The number of allylic oxidation sites excluding steroid dienone is 4. The number of oxime groups is 1. The number of hydrogen-bond acceptors (Lipinski definition) is 7. The summed E-state index contributed by atoms with van der Waals surface area (Å²) in [5.74, 6) is -0.362. The standard InChI is InChI=1S/C22H27FN2O6S/c1-21(23)12-15(7-10-18(21)14-5-8-16(30-3)9-6-14)19-11-17(31-25-19)13-22(2,20(26)24-27)32(4,28)29/h5-10,17,27H,11-13H2,1-4H3,(H,24,26)/t17-,21?,22-/m1/s1. The fourth-order valence-electron chi connectivity index (χ4n) is 3.93. The van der Waals surface area contributed by atoms with Gasteiger partial charge in [0.25, 0.3) is 5.91 Å². The Morgan fingerprint density at radius 2 is 2.03 bits per heavy atom. The van der Waals surface area contributed by atoms with E-state index in [0.717, 1.165) is 11.8 Å². The van der Waals surface area contributed by atoms with Crippen LogP contribution in [0, 0.1) is 0 Å². The van der Waals surface area contributed by atoms with Crippen molar-refractivity contribution in [1.82, 2.24) is 5.48 Å². The normalized spacial score (nSPS) is 25.1. The van der Waals surface area contributed by atoms with Crippen LogP contribution in [-0.4, -0.2) is 55.1 Å². The third-order valence-corrected chi connectivity index (χ3v) is 8.05. The molecular formula is C22H27FN2O6S. The van der Waals surface area contributed by atoms with Gasteiger partial charge in [-0.25, -0.2) is 18.3 Å². The number of alkyl halides is 1. The third kappa shape index (κ3) is 4.56. The number of benzene rings is 1. The van der Waals surface area contributed by atoms with Crippen molar-refractivity contribution in [1.29, 1.82) is 0 Å². The number of hydroxylamine groups is 1. The van der Waals surface area contributed by atoms with Crippen LogP contribution in [0.3, 0.4) is 0 Å². The molecule has 0 saturated heterocycles. The Kier molecular flexibility index (Phi) is 6.48. The van der Waals surface area contributed by atoms with Crippen molar-refractivity contribution in [2.45, 2.75) is 49.6 Å². The molecule has 0 bridgehead atoms. The lowest BCUT2D eigenvalue weighted by molar-refractivity contribution is -0.132. The Hall–Kier alpha value is -2.72. The SMILES string of the molecule is COc1ccc(C2=CC=C(C3=NO[C@@H](C[C@](C)(C(=O)NO)S(C)(=O)=O)C3)CC2(C)F)cc1. The van der Waals surface area contributed by atoms with Gasteiger partial charge in [-0.1, -0.05) is 29.4 Å². The first kappa shape index (κ1) is 23.9. The lowest BCUT2D eigenvalue weighted by Crippen LogP contribution is -2.51. The van der Waals surface area contributed by atoms with Gasteiger partial charge in [0.05, 0.1) is 12.8 Å². The summed E-state index contributed by atoms with van der Waals surface area (Å²) >= 11 is 0. The number of carbonyl (C=O) groups is 1. The van der Waals surface area contributed by atoms with E-state index in [2.05, 4.69) is 5.16 Å². The number of halogens is 1. The summed E-state index contributed by atoms with van der Waals surface area (Å²) in [7, 11) is -2.30. The Bertz CT molecular complexity index is 1090. The van der Waals surface area contributed by atoms with Crippen molar-refractivity contribution in [3.63, 3.8) is 0 Å². The quantitative estimate of drug-likeness (QED) is 0.472. The molecule has 0 radical (unpaired) electrons. The van der Waals surface area contributed by atoms with Crippen LogP contribution in [0.5, 0.6) is 5.75 Å². The zero-order valence-corrected chi connectivity index (χ0v) is 19.2. The zero-order chi connectivity index (χ0) is 23.7. The van der Waals surface area contributed by atoms with Gasteiger partial charge < -0.3 is 9.57 Å². The fourth-order valence-corrected chi connectivity index (χ4v) is 4.80. The highest BCUT2D eigenvalue weighted by Crippen LogP contribution is 2.41. The van der Waals surface area contributed by atoms with Gasteiger partial charge in [0, 0.05) is 25.5 Å². The van der Waals surface area contributed by atoms with E-state index in [0.29, 0.717) is 22.6 Å². The van der Waals surface area contributed by atoms with Crippen molar-refractivity contribution in [3.8, 4) is 5.75 Å². The Morgan fingerprint density at radius 1 is 1.38 bits per heavy atom. The minimum absolute atomic E-state index is 0.0697. The monoisotopic (exact) mass is 466 g/mol. The first-order valence-electron chi connectivity index (χ1n) is 10.0. The van der Waals surface area contributed by atoms with Gasteiger partial charge in [0.15, 0.2) is 14.6 Å². The Balaban J connectivity index is 1.78. The highest BCUT2D eigenvalue weighted by molar-refractivity contribution is 7.92. The molecule has 1 amide bonds. The van der Waals surface area contributed by atoms with Crippen LogP contribution in [-0.2, 0) is 19.5 Å². The topological polar surface area (TPSA) is 114 Å². The van der Waals surface area contributed by atoms with E-state index in [1.54, 1.807) is 43.5 Å². The molecular weight excluding hydrogens is 439 g/mol. The Morgan fingerprint density at radius 3 is 2.56 bits per heavy atom. The van der Waals surface area contributed by atoms with E-state index in [4.69, 9.17) is 14.8 Å². The maximum absolute atomic E-state index is 15.6. The van der Waals surface area contributed by atoms with Crippen LogP contribution >= 0.6 is 0 Å². The van der Waals surface area contributed by atoms with Crippen molar-refractivity contribution >= 4 is 27.0 Å². The minimum Gasteiger partial charge on any atom is -0.497 e. The lowest BCUT2D eigenvalue weighted by atomic mass is 9.80. The summed E-state index contributed by atoms with van der Waals surface area (Å²) < 4.78 is 43.2. The number of hydrogen-bond donors (Lipinski definition) is 2.